The predicted octanol–water partition coefficient (Wildman–Crippen LogP) is 6.65. The second-order valence-corrected chi connectivity index (χ2v) is 9.90. The van der Waals surface area contributed by atoms with Gasteiger partial charge < -0.3 is 4.98 Å². The molecule has 29 heavy (non-hydrogen) atoms. The summed E-state index contributed by atoms with van der Waals surface area (Å²) in [5.41, 5.74) is 4.79. The summed E-state index contributed by atoms with van der Waals surface area (Å²) in [6.45, 7) is 2.02. The number of aromatic amines is 1. The van der Waals surface area contributed by atoms with Crippen molar-refractivity contribution in [2.45, 2.75) is 20.8 Å². The van der Waals surface area contributed by atoms with E-state index in [-0.39, 0.29) is 9.86 Å². The molecule has 1 aliphatic heterocycles. The number of carbonyl (C=O) groups is 1. The van der Waals surface area contributed by atoms with Gasteiger partial charge in [0.2, 0.25) is 5.78 Å². The summed E-state index contributed by atoms with van der Waals surface area (Å²) in [5.74, 6) is 0.0185. The smallest absolute Gasteiger partial charge is 0.209 e. The summed E-state index contributed by atoms with van der Waals surface area (Å²) in [5, 5.41) is 0. The number of carbonyl (C=O) groups excluding carboxylic acids is 1. The Labute approximate surface area is 178 Å². The van der Waals surface area contributed by atoms with Crippen molar-refractivity contribution in [3.63, 3.8) is 0 Å². The minimum absolute atomic E-state index is 0.0185. The number of H-pyrrole nitrogens is 1. The number of aromatic nitrogens is 1. The minimum atomic E-state index is -0.312. The van der Waals surface area contributed by atoms with E-state index < -0.39 is 0 Å². The third-order valence-corrected chi connectivity index (χ3v) is 8.43. The number of benzene rings is 3. The Hall–Kier alpha value is -2.69. The monoisotopic (exact) mass is 413 g/mol. The maximum atomic E-state index is 13.0. The minimum Gasteiger partial charge on any atom is -0.358 e. The van der Waals surface area contributed by atoms with Crippen molar-refractivity contribution in [1.29, 1.82) is 0 Å². The molecule has 4 aromatic rings. The largest absolute Gasteiger partial charge is 0.358 e. The van der Waals surface area contributed by atoms with Gasteiger partial charge in [0.15, 0.2) is 0 Å². The van der Waals surface area contributed by atoms with Gasteiger partial charge in [-0.25, -0.2) is 0 Å². The molecule has 3 aromatic carbocycles. The van der Waals surface area contributed by atoms with Gasteiger partial charge in [-0.05, 0) is 30.7 Å². The first kappa shape index (κ1) is 18.3. The lowest BCUT2D eigenvalue weighted by Crippen LogP contribution is -2.15. The number of rotatable bonds is 4. The Morgan fingerprint density at radius 2 is 1.41 bits per heavy atom. The van der Waals surface area contributed by atoms with Crippen molar-refractivity contribution < 1.29 is 4.79 Å². The van der Waals surface area contributed by atoms with E-state index in [9.17, 15) is 4.79 Å². The summed E-state index contributed by atoms with van der Waals surface area (Å²) in [6.07, 6.45) is 1.99. The summed E-state index contributed by atoms with van der Waals surface area (Å²) >= 11 is 3.69. The molecule has 0 fully saturated rings. The van der Waals surface area contributed by atoms with E-state index >= 15 is 0 Å². The molecule has 2 nitrogen and oxygen atoms in total. The fraction of sp³-hybridized carbons (Fsp3) is 0.0800. The molecule has 2 heterocycles. The van der Waals surface area contributed by atoms with E-state index in [1.165, 1.54) is 15.4 Å². The quantitative estimate of drug-likeness (QED) is 0.380. The fourth-order valence-corrected chi connectivity index (χ4v) is 6.77. The number of nitrogens with one attached hydrogen (secondary N) is 1. The first-order chi connectivity index (χ1) is 14.2. The molecule has 0 atom stereocenters. The highest BCUT2D eigenvalue weighted by molar-refractivity contribution is 8.20. The standard InChI is InChI=1S/C25H19NOS2/c1-17-11-13-18(14-12-17)24(27)21-15-20(16-26-21)25(19-7-3-2-4-8-19)28-22-9-5-6-10-23(22)29-25/h2-16,26H,1H3. The zero-order valence-electron chi connectivity index (χ0n) is 15.9. The molecule has 0 unspecified atom stereocenters. The molecule has 5 rings (SSSR count). The van der Waals surface area contributed by atoms with Gasteiger partial charge in [0, 0.05) is 27.1 Å². The molecular weight excluding hydrogens is 394 g/mol. The molecule has 0 saturated carbocycles. The molecule has 1 aromatic heterocycles. The highest BCUT2D eigenvalue weighted by Gasteiger charge is 2.43. The summed E-state index contributed by atoms with van der Waals surface area (Å²) in [6, 6.07) is 28.8. The van der Waals surface area contributed by atoms with Crippen LogP contribution in [0.4, 0.5) is 0 Å². The molecule has 0 amide bonds. The first-order valence-corrected chi connectivity index (χ1v) is 11.1. The van der Waals surface area contributed by atoms with Crippen LogP contribution in [0.1, 0.15) is 32.7 Å². The second-order valence-electron chi connectivity index (χ2n) is 7.13. The maximum Gasteiger partial charge on any atom is 0.209 e. The molecular formula is C25H19NOS2. The van der Waals surface area contributed by atoms with Crippen LogP contribution >= 0.6 is 23.5 Å². The fourth-order valence-electron chi connectivity index (χ4n) is 3.59. The van der Waals surface area contributed by atoms with Crippen LogP contribution in [0, 0.1) is 6.92 Å². The first-order valence-electron chi connectivity index (χ1n) is 9.48. The molecule has 1 N–H and O–H groups in total. The Bertz CT molecular complexity index is 1150. The highest BCUT2D eigenvalue weighted by Crippen LogP contribution is 2.64. The van der Waals surface area contributed by atoms with Crippen molar-refractivity contribution in [3.05, 3.63) is 119 Å². The molecule has 0 saturated heterocycles. The Balaban J connectivity index is 1.57. The molecule has 4 heteroatoms. The van der Waals surface area contributed by atoms with Crippen LogP contribution in [0.2, 0.25) is 0 Å². The average molecular weight is 414 g/mol. The third kappa shape index (κ3) is 3.22. The lowest BCUT2D eigenvalue weighted by molar-refractivity contribution is 0.103. The van der Waals surface area contributed by atoms with E-state index in [1.807, 2.05) is 73.0 Å². The lowest BCUT2D eigenvalue weighted by Gasteiger charge is -2.27. The maximum absolute atomic E-state index is 13.0. The van der Waals surface area contributed by atoms with Crippen molar-refractivity contribution in [2.75, 3.05) is 0 Å². The van der Waals surface area contributed by atoms with Gasteiger partial charge in [-0.1, -0.05) is 95.8 Å². The van der Waals surface area contributed by atoms with Gasteiger partial charge in [-0.3, -0.25) is 4.79 Å². The average Bonchev–Trinajstić information content (AvgIpc) is 3.40. The normalized spacial score (nSPS) is 14.5. The van der Waals surface area contributed by atoms with E-state index in [2.05, 4.69) is 53.5 Å². The van der Waals surface area contributed by atoms with Crippen molar-refractivity contribution in [2.24, 2.45) is 0 Å². The van der Waals surface area contributed by atoms with Crippen molar-refractivity contribution in [3.8, 4) is 0 Å². The van der Waals surface area contributed by atoms with Crippen LogP contribution in [0.15, 0.2) is 101 Å². The van der Waals surface area contributed by atoms with Gasteiger partial charge in [0.1, 0.15) is 4.08 Å². The van der Waals surface area contributed by atoms with Crippen molar-refractivity contribution in [1.82, 2.24) is 4.98 Å². The van der Waals surface area contributed by atoms with Crippen LogP contribution in [-0.4, -0.2) is 10.8 Å². The molecule has 142 valence electrons. The van der Waals surface area contributed by atoms with Crippen LogP contribution < -0.4 is 0 Å². The van der Waals surface area contributed by atoms with Gasteiger partial charge in [-0.15, -0.1) is 0 Å². The highest BCUT2D eigenvalue weighted by atomic mass is 32.2. The second kappa shape index (κ2) is 7.29. The summed E-state index contributed by atoms with van der Waals surface area (Å²) < 4.78 is -0.312. The van der Waals surface area contributed by atoms with Gasteiger partial charge >= 0.3 is 0 Å². The molecule has 0 bridgehead atoms. The Morgan fingerprint density at radius 1 is 0.793 bits per heavy atom. The predicted molar refractivity (Wildman–Crippen MR) is 121 cm³/mol. The third-order valence-electron chi connectivity index (χ3n) is 5.13. The van der Waals surface area contributed by atoms with Crippen LogP contribution in [-0.2, 0) is 4.08 Å². The molecule has 1 aliphatic rings. The molecule has 0 radical (unpaired) electrons. The lowest BCUT2D eigenvalue weighted by atomic mass is 10.0. The van der Waals surface area contributed by atoms with E-state index in [0.29, 0.717) is 11.3 Å². The summed E-state index contributed by atoms with van der Waals surface area (Å²) in [7, 11) is 0. The Morgan fingerprint density at radius 3 is 2.07 bits per heavy atom. The van der Waals surface area contributed by atoms with E-state index in [4.69, 9.17) is 0 Å². The Kier molecular flexibility index (Phi) is 4.61. The van der Waals surface area contributed by atoms with Crippen molar-refractivity contribution >= 4 is 29.3 Å². The number of hydrogen-bond donors (Lipinski definition) is 1. The van der Waals surface area contributed by atoms with Gasteiger partial charge in [0.05, 0.1) is 5.69 Å². The zero-order chi connectivity index (χ0) is 19.8. The molecule has 0 spiro atoms. The van der Waals surface area contributed by atoms with E-state index in [1.54, 1.807) is 0 Å². The number of hydrogen-bond acceptors (Lipinski definition) is 3. The number of thioether (sulfide) groups is 2. The van der Waals surface area contributed by atoms with Crippen LogP contribution in [0.5, 0.6) is 0 Å². The topological polar surface area (TPSA) is 32.9 Å². The number of ketones is 1. The zero-order valence-corrected chi connectivity index (χ0v) is 17.5. The number of aryl methyl sites for hydroxylation is 1. The molecule has 0 aliphatic carbocycles. The van der Waals surface area contributed by atoms with Gasteiger partial charge in [0.25, 0.3) is 0 Å². The number of fused-ring (bicyclic) bond motifs is 1. The van der Waals surface area contributed by atoms with Gasteiger partial charge in [-0.2, -0.15) is 0 Å². The van der Waals surface area contributed by atoms with Crippen LogP contribution in [0.3, 0.4) is 0 Å². The summed E-state index contributed by atoms with van der Waals surface area (Å²) in [4.78, 5) is 18.8. The van der Waals surface area contributed by atoms with Crippen LogP contribution in [0.25, 0.3) is 0 Å². The SMILES string of the molecule is Cc1ccc(C(=O)c2cc(C3(c4ccccc4)Sc4ccccc4S3)c[nH]2)cc1. The van der Waals surface area contributed by atoms with E-state index in [0.717, 1.165) is 11.1 Å².